The van der Waals surface area contributed by atoms with Crippen LogP contribution in [0.3, 0.4) is 0 Å². The van der Waals surface area contributed by atoms with Crippen LogP contribution in [-0.4, -0.2) is 12.8 Å². The van der Waals surface area contributed by atoms with E-state index in [1.54, 1.807) is 0 Å². The lowest BCUT2D eigenvalue weighted by Crippen LogP contribution is -2.14. The molecule has 1 aliphatic rings. The van der Waals surface area contributed by atoms with Gasteiger partial charge >= 0.3 is 6.18 Å². The van der Waals surface area contributed by atoms with Gasteiger partial charge in [-0.3, -0.25) is 0 Å². The van der Waals surface area contributed by atoms with E-state index in [-0.39, 0.29) is 12.4 Å². The molecule has 1 nitrogen and oxygen atoms in total. The topological polar surface area (TPSA) is 9.23 Å². The quantitative estimate of drug-likeness (QED) is 0.455. The van der Waals surface area contributed by atoms with Crippen molar-refractivity contribution >= 4 is 0 Å². The second-order valence-corrected chi connectivity index (χ2v) is 4.03. The molecule has 0 radical (unpaired) electrons. The maximum absolute atomic E-state index is 12.8. The Kier molecular flexibility index (Phi) is 9.26. The Labute approximate surface area is 125 Å². The van der Waals surface area contributed by atoms with Gasteiger partial charge in [-0.25, -0.2) is 0 Å². The molecule has 0 bridgehead atoms. The molecule has 0 heterocycles. The van der Waals surface area contributed by atoms with Gasteiger partial charge in [0, 0.05) is 0 Å². The third kappa shape index (κ3) is 7.02. The van der Waals surface area contributed by atoms with Crippen LogP contribution in [0.1, 0.15) is 33.6 Å². The maximum Gasteiger partial charge on any atom is 0.419 e. The first-order valence-electron chi connectivity index (χ1n) is 7.04. The molecule has 0 aromatic carbocycles. The Balaban J connectivity index is 0.00000191. The monoisotopic (exact) mass is 300 g/mol. The molecule has 0 spiro atoms. The summed E-state index contributed by atoms with van der Waals surface area (Å²) in [5.74, 6) is -0.245. The van der Waals surface area contributed by atoms with E-state index in [1.807, 2.05) is 32.1 Å². The summed E-state index contributed by atoms with van der Waals surface area (Å²) in [4.78, 5) is 0. The Morgan fingerprint density at radius 1 is 1.33 bits per heavy atom. The molecule has 0 N–H and O–H groups in total. The van der Waals surface area contributed by atoms with Crippen molar-refractivity contribution in [2.75, 3.05) is 6.61 Å². The van der Waals surface area contributed by atoms with Gasteiger partial charge in [0.1, 0.15) is 12.4 Å². The number of hydrogen-bond acceptors (Lipinski definition) is 1. The minimum atomic E-state index is -4.45. The summed E-state index contributed by atoms with van der Waals surface area (Å²) in [6, 6.07) is 0. The van der Waals surface area contributed by atoms with E-state index in [2.05, 4.69) is 6.58 Å². The fourth-order valence-electron chi connectivity index (χ4n) is 1.67. The predicted molar refractivity (Wildman–Crippen MR) is 81.8 cm³/mol. The van der Waals surface area contributed by atoms with E-state index in [0.717, 1.165) is 30.6 Å². The van der Waals surface area contributed by atoms with Gasteiger partial charge in [-0.05, 0) is 31.4 Å². The summed E-state index contributed by atoms with van der Waals surface area (Å²) in [6.45, 7) is 9.03. The summed E-state index contributed by atoms with van der Waals surface area (Å²) < 4.78 is 43.8. The molecule has 0 unspecified atom stereocenters. The molecule has 0 amide bonds. The Bertz CT molecular complexity index is 437. The standard InChI is InChI=1S/C15H17F3O.C2H6/c1-3-8-13(15(16,17)18)14(4-2)19-11-12-9-6-5-7-10-12;1-2/h3-4,6,8-10H,2,5,7,11H2,1H3;1-2H3/b8-3-,14-13-;. The third-order valence-corrected chi connectivity index (χ3v) is 2.56. The number of ether oxygens (including phenoxy) is 1. The van der Waals surface area contributed by atoms with E-state index in [4.69, 9.17) is 4.74 Å². The van der Waals surface area contributed by atoms with Crippen LogP contribution in [-0.2, 0) is 4.74 Å². The smallest absolute Gasteiger partial charge is 0.419 e. The van der Waals surface area contributed by atoms with Gasteiger partial charge in [-0.2, -0.15) is 13.2 Å². The summed E-state index contributed by atoms with van der Waals surface area (Å²) in [6.07, 6.45) is 6.62. The number of rotatable bonds is 5. The molecule has 0 atom stereocenters. The second kappa shape index (κ2) is 10.1. The highest BCUT2D eigenvalue weighted by atomic mass is 19.4. The molecule has 4 heteroatoms. The van der Waals surface area contributed by atoms with Crippen molar-refractivity contribution in [3.8, 4) is 0 Å². The largest absolute Gasteiger partial charge is 0.488 e. The number of allylic oxidation sites excluding steroid dienone is 6. The zero-order valence-electron chi connectivity index (χ0n) is 12.8. The minimum absolute atomic E-state index is 0.120. The van der Waals surface area contributed by atoms with Crippen molar-refractivity contribution in [3.05, 3.63) is 59.9 Å². The van der Waals surface area contributed by atoms with Gasteiger partial charge in [-0.15, -0.1) is 0 Å². The number of hydrogen-bond donors (Lipinski definition) is 0. The molecular weight excluding hydrogens is 277 g/mol. The minimum Gasteiger partial charge on any atom is -0.488 e. The third-order valence-electron chi connectivity index (χ3n) is 2.56. The van der Waals surface area contributed by atoms with Gasteiger partial charge in [0.2, 0.25) is 0 Å². The molecule has 0 aromatic heterocycles. The van der Waals surface area contributed by atoms with Crippen molar-refractivity contribution < 1.29 is 17.9 Å². The van der Waals surface area contributed by atoms with Crippen LogP contribution in [0.5, 0.6) is 0 Å². The van der Waals surface area contributed by atoms with E-state index >= 15 is 0 Å². The average molecular weight is 300 g/mol. The lowest BCUT2D eigenvalue weighted by atomic mass is 10.1. The molecule has 0 saturated heterocycles. The molecule has 118 valence electrons. The highest BCUT2D eigenvalue weighted by Gasteiger charge is 2.34. The van der Waals surface area contributed by atoms with E-state index < -0.39 is 11.7 Å². The first-order valence-corrected chi connectivity index (χ1v) is 7.04. The highest BCUT2D eigenvalue weighted by molar-refractivity contribution is 5.33. The number of halogens is 3. The van der Waals surface area contributed by atoms with E-state index in [0.29, 0.717) is 0 Å². The van der Waals surface area contributed by atoms with Crippen molar-refractivity contribution in [2.45, 2.75) is 39.8 Å². The van der Waals surface area contributed by atoms with Crippen LogP contribution in [0.4, 0.5) is 13.2 Å². The van der Waals surface area contributed by atoms with E-state index in [9.17, 15) is 13.2 Å². The fourth-order valence-corrected chi connectivity index (χ4v) is 1.67. The van der Waals surface area contributed by atoms with Gasteiger partial charge < -0.3 is 4.74 Å². The van der Waals surface area contributed by atoms with Gasteiger partial charge in [0.05, 0.1) is 5.57 Å². The van der Waals surface area contributed by atoms with Crippen molar-refractivity contribution in [1.82, 2.24) is 0 Å². The van der Waals surface area contributed by atoms with Gasteiger partial charge in [-0.1, -0.05) is 50.8 Å². The molecule has 0 fully saturated rings. The molecule has 0 aromatic rings. The molecule has 0 saturated carbocycles. The van der Waals surface area contributed by atoms with Crippen LogP contribution < -0.4 is 0 Å². The summed E-state index contributed by atoms with van der Waals surface area (Å²) in [5, 5.41) is 0. The maximum atomic E-state index is 12.8. The lowest BCUT2D eigenvalue weighted by Gasteiger charge is -2.15. The average Bonchev–Trinajstić information content (AvgIpc) is 2.49. The molecular formula is C17H23F3O. The first-order chi connectivity index (χ1) is 9.99. The van der Waals surface area contributed by atoms with Crippen molar-refractivity contribution in [1.29, 1.82) is 0 Å². The highest BCUT2D eigenvalue weighted by Crippen LogP contribution is 2.30. The van der Waals surface area contributed by atoms with Crippen LogP contribution >= 0.6 is 0 Å². The van der Waals surface area contributed by atoms with Gasteiger partial charge in [0.25, 0.3) is 0 Å². The predicted octanol–water partition coefficient (Wildman–Crippen LogP) is 5.88. The molecule has 1 aliphatic carbocycles. The van der Waals surface area contributed by atoms with E-state index in [1.165, 1.54) is 13.0 Å². The Morgan fingerprint density at radius 2 is 2.00 bits per heavy atom. The normalized spacial score (nSPS) is 15.8. The van der Waals surface area contributed by atoms with Crippen LogP contribution in [0.2, 0.25) is 0 Å². The fraction of sp³-hybridized carbons (Fsp3) is 0.412. The summed E-state index contributed by atoms with van der Waals surface area (Å²) in [7, 11) is 0. The Morgan fingerprint density at radius 3 is 2.43 bits per heavy atom. The summed E-state index contributed by atoms with van der Waals surface area (Å²) in [5.41, 5.74) is 0.0676. The first kappa shape index (κ1) is 19.3. The summed E-state index contributed by atoms with van der Waals surface area (Å²) >= 11 is 0. The zero-order valence-corrected chi connectivity index (χ0v) is 12.8. The zero-order chi connectivity index (χ0) is 16.3. The molecule has 1 rings (SSSR count). The number of alkyl halides is 3. The lowest BCUT2D eigenvalue weighted by molar-refractivity contribution is -0.0911. The SMILES string of the molecule is C=C/C(OCC1=CCCC=C1)=C(\C=C/C)C(F)(F)F.CC. The molecule has 0 aliphatic heterocycles. The second-order valence-electron chi connectivity index (χ2n) is 4.03. The van der Waals surface area contributed by atoms with Crippen LogP contribution in [0.15, 0.2) is 59.9 Å². The van der Waals surface area contributed by atoms with Crippen LogP contribution in [0.25, 0.3) is 0 Å². The molecule has 21 heavy (non-hydrogen) atoms. The van der Waals surface area contributed by atoms with Crippen LogP contribution in [0, 0.1) is 0 Å². The van der Waals surface area contributed by atoms with Crippen molar-refractivity contribution in [3.63, 3.8) is 0 Å². The van der Waals surface area contributed by atoms with Crippen molar-refractivity contribution in [2.24, 2.45) is 0 Å². The Hall–Kier alpha value is -1.71. The van der Waals surface area contributed by atoms with Gasteiger partial charge in [0.15, 0.2) is 0 Å².